The second-order valence-corrected chi connectivity index (χ2v) is 4.87. The molecule has 0 fully saturated rings. The maximum absolute atomic E-state index is 12.6. The minimum atomic E-state index is -4.87. The minimum Gasteiger partial charge on any atom is -0.493 e. The standard InChI is InChI=1S/C13H14F6OS/c1-2-8(7-21)6-20-11-4-9(12(14,15)16)3-10(5-11)13(17,18)19/h3-5,8,21H,2,6-7H2,1H3. The normalized spacial score (nSPS) is 14.1. The second-order valence-electron chi connectivity index (χ2n) is 4.51. The van der Waals surface area contributed by atoms with Crippen LogP contribution in [0, 0.1) is 5.92 Å². The van der Waals surface area contributed by atoms with Crippen LogP contribution < -0.4 is 4.74 Å². The summed E-state index contributed by atoms with van der Waals surface area (Å²) in [6.45, 7) is 1.84. The van der Waals surface area contributed by atoms with Crippen LogP contribution in [0.1, 0.15) is 24.5 Å². The van der Waals surface area contributed by atoms with Gasteiger partial charge in [-0.2, -0.15) is 39.0 Å². The van der Waals surface area contributed by atoms with E-state index in [-0.39, 0.29) is 18.6 Å². The molecule has 0 saturated heterocycles. The smallest absolute Gasteiger partial charge is 0.416 e. The van der Waals surface area contributed by atoms with Crippen LogP contribution in [0.5, 0.6) is 5.75 Å². The number of rotatable bonds is 5. The highest BCUT2D eigenvalue weighted by atomic mass is 32.1. The summed E-state index contributed by atoms with van der Waals surface area (Å²) in [4.78, 5) is 0. The van der Waals surface area contributed by atoms with Gasteiger partial charge in [-0.05, 0) is 30.4 Å². The summed E-state index contributed by atoms with van der Waals surface area (Å²) in [5, 5.41) is 0. The Morgan fingerprint density at radius 1 is 1.00 bits per heavy atom. The average Bonchev–Trinajstić information content (AvgIpc) is 2.37. The first kappa shape index (κ1) is 18.0. The molecule has 0 aliphatic rings. The highest BCUT2D eigenvalue weighted by molar-refractivity contribution is 7.80. The molecule has 1 nitrogen and oxygen atoms in total. The van der Waals surface area contributed by atoms with E-state index in [0.29, 0.717) is 24.3 Å². The van der Waals surface area contributed by atoms with Crippen molar-refractivity contribution in [2.75, 3.05) is 12.4 Å². The number of benzene rings is 1. The van der Waals surface area contributed by atoms with Gasteiger partial charge in [-0.25, -0.2) is 0 Å². The van der Waals surface area contributed by atoms with Gasteiger partial charge in [0, 0.05) is 5.92 Å². The molecule has 0 bridgehead atoms. The molecule has 8 heteroatoms. The molecule has 0 radical (unpaired) electrons. The first-order valence-electron chi connectivity index (χ1n) is 6.11. The van der Waals surface area contributed by atoms with Gasteiger partial charge < -0.3 is 4.74 Å². The molecule has 21 heavy (non-hydrogen) atoms. The van der Waals surface area contributed by atoms with Crippen molar-refractivity contribution in [1.82, 2.24) is 0 Å². The summed E-state index contributed by atoms with van der Waals surface area (Å²) in [6, 6.07) is 1.21. The van der Waals surface area contributed by atoms with Gasteiger partial charge in [0.1, 0.15) is 5.75 Å². The van der Waals surface area contributed by atoms with Gasteiger partial charge in [0.25, 0.3) is 0 Å². The predicted octanol–water partition coefficient (Wildman–Crippen LogP) is 5.06. The van der Waals surface area contributed by atoms with Gasteiger partial charge in [-0.3, -0.25) is 0 Å². The lowest BCUT2D eigenvalue weighted by Crippen LogP contribution is -2.15. The van der Waals surface area contributed by atoms with Gasteiger partial charge >= 0.3 is 12.4 Å². The largest absolute Gasteiger partial charge is 0.493 e. The molecule has 0 aliphatic heterocycles. The van der Waals surface area contributed by atoms with Crippen molar-refractivity contribution in [2.24, 2.45) is 5.92 Å². The van der Waals surface area contributed by atoms with Crippen molar-refractivity contribution in [1.29, 1.82) is 0 Å². The van der Waals surface area contributed by atoms with Gasteiger partial charge in [-0.15, -0.1) is 0 Å². The molecular formula is C13H14F6OS. The van der Waals surface area contributed by atoms with E-state index < -0.39 is 29.2 Å². The summed E-state index contributed by atoms with van der Waals surface area (Å²) in [7, 11) is 0. The Balaban J connectivity index is 3.08. The van der Waals surface area contributed by atoms with Crippen LogP contribution >= 0.6 is 12.6 Å². The van der Waals surface area contributed by atoms with E-state index in [1.807, 2.05) is 6.92 Å². The Morgan fingerprint density at radius 2 is 1.48 bits per heavy atom. The third kappa shape index (κ3) is 5.33. The summed E-state index contributed by atoms with van der Waals surface area (Å²) in [6.07, 6.45) is -9.07. The SMILES string of the molecule is CCC(CS)COc1cc(C(F)(F)F)cc(C(F)(F)F)c1. The van der Waals surface area contributed by atoms with Crippen molar-refractivity contribution in [3.63, 3.8) is 0 Å². The van der Waals surface area contributed by atoms with Gasteiger partial charge in [0.2, 0.25) is 0 Å². The Morgan fingerprint density at radius 3 is 1.81 bits per heavy atom. The molecular weight excluding hydrogens is 318 g/mol. The number of alkyl halides is 6. The van der Waals surface area contributed by atoms with E-state index in [2.05, 4.69) is 12.6 Å². The molecule has 120 valence electrons. The Labute approximate surface area is 123 Å². The number of thiol groups is 1. The molecule has 0 spiro atoms. The van der Waals surface area contributed by atoms with E-state index in [1.165, 1.54) is 0 Å². The highest BCUT2D eigenvalue weighted by Gasteiger charge is 2.37. The van der Waals surface area contributed by atoms with Crippen molar-refractivity contribution in [2.45, 2.75) is 25.7 Å². The third-order valence-corrected chi connectivity index (χ3v) is 3.40. The minimum absolute atomic E-state index is 0.0125. The molecule has 1 unspecified atom stereocenters. The van der Waals surface area contributed by atoms with E-state index >= 15 is 0 Å². The topological polar surface area (TPSA) is 9.23 Å². The van der Waals surface area contributed by atoms with Crippen LogP contribution in [0.4, 0.5) is 26.3 Å². The van der Waals surface area contributed by atoms with Crippen LogP contribution in [0.2, 0.25) is 0 Å². The Hall–Kier alpha value is -1.05. The fourth-order valence-electron chi connectivity index (χ4n) is 1.52. The van der Waals surface area contributed by atoms with Crippen molar-refractivity contribution >= 4 is 12.6 Å². The van der Waals surface area contributed by atoms with E-state index in [0.717, 1.165) is 0 Å². The maximum atomic E-state index is 12.6. The fraction of sp³-hybridized carbons (Fsp3) is 0.538. The number of hydrogen-bond acceptors (Lipinski definition) is 2. The average molecular weight is 332 g/mol. The Kier molecular flexibility index (Phi) is 5.83. The lowest BCUT2D eigenvalue weighted by Gasteiger charge is -2.17. The van der Waals surface area contributed by atoms with Crippen LogP contribution in [0.15, 0.2) is 18.2 Å². The molecule has 1 rings (SSSR count). The molecule has 1 aromatic rings. The zero-order chi connectivity index (χ0) is 16.3. The lowest BCUT2D eigenvalue weighted by atomic mass is 10.1. The quantitative estimate of drug-likeness (QED) is 0.586. The van der Waals surface area contributed by atoms with Crippen LogP contribution in [0.3, 0.4) is 0 Å². The first-order chi connectivity index (χ1) is 9.57. The van der Waals surface area contributed by atoms with Crippen LogP contribution in [0.25, 0.3) is 0 Å². The monoisotopic (exact) mass is 332 g/mol. The molecule has 0 heterocycles. The highest BCUT2D eigenvalue weighted by Crippen LogP contribution is 2.38. The van der Waals surface area contributed by atoms with Crippen molar-refractivity contribution in [3.05, 3.63) is 29.3 Å². The van der Waals surface area contributed by atoms with Crippen LogP contribution in [-0.2, 0) is 12.4 Å². The first-order valence-corrected chi connectivity index (χ1v) is 6.74. The Bertz CT molecular complexity index is 432. The molecule has 1 atom stereocenters. The number of halogens is 6. The summed E-state index contributed by atoms with van der Waals surface area (Å²) < 4.78 is 80.9. The lowest BCUT2D eigenvalue weighted by molar-refractivity contribution is -0.143. The van der Waals surface area contributed by atoms with Crippen LogP contribution in [-0.4, -0.2) is 12.4 Å². The van der Waals surface area contributed by atoms with Crippen molar-refractivity contribution < 1.29 is 31.1 Å². The van der Waals surface area contributed by atoms with E-state index in [9.17, 15) is 26.3 Å². The molecule has 0 aromatic heterocycles. The zero-order valence-corrected chi connectivity index (χ0v) is 11.9. The van der Waals surface area contributed by atoms with Crippen molar-refractivity contribution in [3.8, 4) is 5.75 Å². The number of hydrogen-bond donors (Lipinski definition) is 1. The maximum Gasteiger partial charge on any atom is 0.416 e. The summed E-state index contributed by atoms with van der Waals surface area (Å²) in [5.74, 6) is -0.0590. The van der Waals surface area contributed by atoms with Gasteiger partial charge in [0.15, 0.2) is 0 Å². The molecule has 0 saturated carbocycles. The zero-order valence-electron chi connectivity index (χ0n) is 11.1. The van der Waals surface area contributed by atoms with E-state index in [4.69, 9.17) is 4.74 Å². The molecule has 1 aromatic carbocycles. The number of ether oxygens (including phenoxy) is 1. The molecule has 0 amide bonds. The third-order valence-electron chi connectivity index (χ3n) is 2.88. The van der Waals surface area contributed by atoms with Gasteiger partial charge in [0.05, 0.1) is 17.7 Å². The molecule has 0 N–H and O–H groups in total. The molecule has 0 aliphatic carbocycles. The fourth-order valence-corrected chi connectivity index (χ4v) is 1.89. The second kappa shape index (κ2) is 6.81. The van der Waals surface area contributed by atoms with Gasteiger partial charge in [-0.1, -0.05) is 6.92 Å². The predicted molar refractivity (Wildman–Crippen MR) is 69.6 cm³/mol. The summed E-state index contributed by atoms with van der Waals surface area (Å²) in [5.41, 5.74) is -2.77. The summed E-state index contributed by atoms with van der Waals surface area (Å²) >= 11 is 4.03. The van der Waals surface area contributed by atoms with E-state index in [1.54, 1.807) is 0 Å².